The van der Waals surface area contributed by atoms with Crippen LogP contribution in [0, 0.1) is 44.9 Å². The molecule has 1 atom stereocenters. The van der Waals surface area contributed by atoms with Crippen LogP contribution in [-0.2, 0) is 0 Å². The van der Waals surface area contributed by atoms with Gasteiger partial charge in [-0.3, -0.25) is 0 Å². The fourth-order valence-corrected chi connectivity index (χ4v) is 2.71. The molecule has 0 aromatic heterocycles. The van der Waals surface area contributed by atoms with Gasteiger partial charge >= 0.3 is 6.15 Å². The van der Waals surface area contributed by atoms with Gasteiger partial charge in [-0.2, -0.15) is 0 Å². The molecule has 24 heavy (non-hydrogen) atoms. The third-order valence-electron chi connectivity index (χ3n) is 4.41. The fraction of sp³-hybridized carbons (Fsp3) is 0.647. The Morgan fingerprint density at radius 1 is 0.875 bits per heavy atom. The van der Waals surface area contributed by atoms with Crippen molar-refractivity contribution < 1.29 is 0 Å². The van der Waals surface area contributed by atoms with Crippen LogP contribution in [0.3, 0.4) is 0 Å². The number of allylic oxidation sites excluding steroid dienone is 2. The van der Waals surface area contributed by atoms with Gasteiger partial charge < -0.3 is 9.80 Å². The first kappa shape index (κ1) is 21.4. The number of nitriles is 4. The molecule has 6 nitrogen and oxygen atoms in total. The van der Waals surface area contributed by atoms with E-state index >= 15 is 0 Å². The first-order valence-corrected chi connectivity index (χ1v) is 8.39. The lowest BCUT2D eigenvalue weighted by molar-refractivity contribution is 0.158. The molecule has 1 aliphatic heterocycles. The topological polar surface area (TPSA) is 102 Å². The van der Waals surface area contributed by atoms with Gasteiger partial charge in [0, 0.05) is 24.5 Å². The Labute approximate surface area is 146 Å². The summed E-state index contributed by atoms with van der Waals surface area (Å²) in [5.41, 5.74) is 2.93. The van der Waals surface area contributed by atoms with Gasteiger partial charge in [-0.05, 0) is 34.1 Å². The molecule has 0 aromatic rings. The number of rotatable bonds is 5. The quantitative estimate of drug-likeness (QED) is 0.568. The average molecular weight is 325 g/mol. The summed E-state index contributed by atoms with van der Waals surface area (Å²) in [6, 6.07) is 0. The second-order valence-corrected chi connectivity index (χ2v) is 5.87. The van der Waals surface area contributed by atoms with Crippen molar-refractivity contribution >= 4 is 6.15 Å². The summed E-state index contributed by atoms with van der Waals surface area (Å²) >= 11 is 0. The van der Waals surface area contributed by atoms with E-state index in [0.717, 1.165) is 6.54 Å². The molecular formula is C17H26BN6-. The van der Waals surface area contributed by atoms with Crippen molar-refractivity contribution in [3.63, 3.8) is 0 Å². The second-order valence-electron chi connectivity index (χ2n) is 5.87. The lowest BCUT2D eigenvalue weighted by Crippen LogP contribution is -2.38. The van der Waals surface area contributed by atoms with Crippen LogP contribution in [0.5, 0.6) is 0 Å². The van der Waals surface area contributed by atoms with Crippen LogP contribution in [0.15, 0.2) is 11.4 Å². The van der Waals surface area contributed by atoms with Crippen LogP contribution in [0.1, 0.15) is 53.9 Å². The molecule has 0 saturated carbocycles. The van der Waals surface area contributed by atoms with Crippen LogP contribution in [0.25, 0.3) is 0 Å². The van der Waals surface area contributed by atoms with E-state index in [0.29, 0.717) is 6.17 Å². The zero-order valence-electron chi connectivity index (χ0n) is 15.4. The molecule has 0 radical (unpaired) electrons. The highest BCUT2D eigenvalue weighted by atomic mass is 15.4. The fourth-order valence-electron chi connectivity index (χ4n) is 2.71. The predicted molar refractivity (Wildman–Crippen MR) is 94.7 cm³/mol. The third kappa shape index (κ3) is 4.94. The molecule has 0 N–H and O–H groups in total. The third-order valence-corrected chi connectivity index (χ3v) is 4.41. The molecule has 128 valence electrons. The van der Waals surface area contributed by atoms with Crippen LogP contribution in [-0.4, -0.2) is 35.2 Å². The Morgan fingerprint density at radius 2 is 1.33 bits per heavy atom. The first-order chi connectivity index (χ1) is 11.4. The van der Waals surface area contributed by atoms with E-state index in [1.54, 1.807) is 0 Å². The maximum absolute atomic E-state index is 8.09. The molecule has 0 aliphatic carbocycles. The van der Waals surface area contributed by atoms with Crippen LogP contribution in [0.2, 0.25) is 0 Å². The Morgan fingerprint density at radius 3 is 1.62 bits per heavy atom. The molecule has 0 amide bonds. The minimum absolute atomic E-state index is 0.562. The molecule has 1 rings (SSSR count). The number of nitrogens with zero attached hydrogens (tertiary/aromatic N) is 6. The van der Waals surface area contributed by atoms with Gasteiger partial charge in [0.2, 0.25) is 0 Å². The standard InChI is InChI=1S/C13H26N2.C4BN4/c1-6-8-9-10-15-12(4)11(3)14(7-2)13(15)5;6-1-5(2-7,3-8)4-9/h13H,6-10H2,1-5H3;/q;-1. The van der Waals surface area contributed by atoms with E-state index in [9.17, 15) is 0 Å². The lowest BCUT2D eigenvalue weighted by atomic mass is 9.30. The van der Waals surface area contributed by atoms with E-state index < -0.39 is 6.15 Å². The van der Waals surface area contributed by atoms with Crippen molar-refractivity contribution in [2.24, 2.45) is 0 Å². The molecule has 0 spiro atoms. The van der Waals surface area contributed by atoms with Crippen molar-refractivity contribution in [2.45, 2.75) is 60.0 Å². The monoisotopic (exact) mass is 325 g/mol. The van der Waals surface area contributed by atoms with E-state index in [1.807, 2.05) is 0 Å². The highest BCUT2D eigenvalue weighted by Gasteiger charge is 2.28. The smallest absolute Gasteiger partial charge is 0.354 e. The molecular weight excluding hydrogens is 299 g/mol. The zero-order chi connectivity index (χ0) is 18.8. The molecule has 0 saturated heterocycles. The Bertz CT molecular complexity index is 551. The maximum Gasteiger partial charge on any atom is 0.383 e. The summed E-state index contributed by atoms with van der Waals surface area (Å²) < 4.78 is 0. The summed E-state index contributed by atoms with van der Waals surface area (Å²) in [6.45, 7) is 13.7. The van der Waals surface area contributed by atoms with Gasteiger partial charge in [-0.25, -0.2) is 21.0 Å². The van der Waals surface area contributed by atoms with E-state index in [4.69, 9.17) is 21.0 Å². The molecule has 0 bridgehead atoms. The van der Waals surface area contributed by atoms with Crippen molar-refractivity contribution in [3.8, 4) is 23.9 Å². The van der Waals surface area contributed by atoms with E-state index in [1.165, 1.54) is 61.1 Å². The number of hydrogen-bond donors (Lipinski definition) is 0. The van der Waals surface area contributed by atoms with Gasteiger partial charge in [-0.15, -0.1) is 23.9 Å². The summed E-state index contributed by atoms with van der Waals surface area (Å²) in [5.74, 6) is 5.38. The van der Waals surface area contributed by atoms with Gasteiger partial charge in [0.15, 0.2) is 0 Å². The van der Waals surface area contributed by atoms with E-state index in [2.05, 4.69) is 44.4 Å². The van der Waals surface area contributed by atoms with Gasteiger partial charge in [0.25, 0.3) is 0 Å². The Kier molecular flexibility index (Phi) is 9.08. The summed E-state index contributed by atoms with van der Waals surface area (Å²) in [5, 5.41) is 32.3. The largest absolute Gasteiger partial charge is 0.383 e. The molecule has 1 heterocycles. The van der Waals surface area contributed by atoms with Gasteiger partial charge in [0.05, 0.1) is 6.17 Å². The van der Waals surface area contributed by atoms with Gasteiger partial charge in [0.1, 0.15) is 0 Å². The van der Waals surface area contributed by atoms with Crippen molar-refractivity contribution in [3.05, 3.63) is 11.4 Å². The first-order valence-electron chi connectivity index (χ1n) is 8.39. The van der Waals surface area contributed by atoms with Crippen LogP contribution >= 0.6 is 0 Å². The SMILES string of the molecule is CCCCCN1C(C)=C(C)N(CC)C1C.N#C[B-](C#N)(C#N)C#N. The zero-order valence-corrected chi connectivity index (χ0v) is 15.4. The van der Waals surface area contributed by atoms with E-state index in [-0.39, 0.29) is 0 Å². The molecule has 1 aliphatic rings. The molecule has 0 aromatic carbocycles. The van der Waals surface area contributed by atoms with Gasteiger partial charge in [-0.1, -0.05) is 19.8 Å². The summed E-state index contributed by atoms with van der Waals surface area (Å²) in [7, 11) is 0. The number of unbranched alkanes of at least 4 members (excludes halogenated alkanes) is 2. The number of hydrogen-bond acceptors (Lipinski definition) is 6. The second kappa shape index (κ2) is 10.2. The highest BCUT2D eigenvalue weighted by molar-refractivity contribution is 7.05. The van der Waals surface area contributed by atoms with Crippen molar-refractivity contribution in [1.29, 1.82) is 21.0 Å². The Hall–Kier alpha value is -2.64. The molecule has 7 heteroatoms. The summed E-state index contributed by atoms with van der Waals surface area (Å²) in [4.78, 5) is 5.04. The predicted octanol–water partition coefficient (Wildman–Crippen LogP) is 3.10. The van der Waals surface area contributed by atoms with Crippen LogP contribution in [0.4, 0.5) is 0 Å². The van der Waals surface area contributed by atoms with Crippen molar-refractivity contribution in [2.75, 3.05) is 13.1 Å². The minimum atomic E-state index is -2.72. The van der Waals surface area contributed by atoms with Crippen molar-refractivity contribution in [1.82, 2.24) is 9.80 Å². The molecule has 0 fully saturated rings. The minimum Gasteiger partial charge on any atom is -0.354 e. The lowest BCUT2D eigenvalue weighted by Gasteiger charge is -2.31. The summed E-state index contributed by atoms with van der Waals surface area (Å²) in [6.07, 6.45) is 1.82. The Balaban J connectivity index is 0.000000506. The average Bonchev–Trinajstić information content (AvgIpc) is 2.81. The van der Waals surface area contributed by atoms with Crippen LogP contribution < -0.4 is 0 Å². The maximum atomic E-state index is 8.09. The normalized spacial score (nSPS) is 16.5. The molecule has 1 unspecified atom stereocenters. The highest BCUT2D eigenvalue weighted by Crippen LogP contribution is 2.28.